The van der Waals surface area contributed by atoms with Crippen LogP contribution in [-0.4, -0.2) is 35.0 Å². The Morgan fingerprint density at radius 2 is 1.96 bits per heavy atom. The van der Waals surface area contributed by atoms with Gasteiger partial charge in [0.2, 0.25) is 0 Å². The molecule has 2 aromatic carbocycles. The number of carbonyl (C=O) groups excluding carboxylic acids is 1. The Labute approximate surface area is 151 Å². The summed E-state index contributed by atoms with van der Waals surface area (Å²) in [6.45, 7) is 4.61. The predicted molar refractivity (Wildman–Crippen MR) is 98.2 cm³/mol. The largest absolute Gasteiger partial charge is 0.367 e. The fourth-order valence-corrected chi connectivity index (χ4v) is 3.02. The molecule has 1 aliphatic heterocycles. The van der Waals surface area contributed by atoms with Gasteiger partial charge in [-0.3, -0.25) is 10.1 Å². The molecule has 1 N–H and O–H groups in total. The molecular weight excluding hydrogens is 334 g/mol. The van der Waals surface area contributed by atoms with Gasteiger partial charge in [-0.1, -0.05) is 36.4 Å². The number of hydrogen-bond acceptors (Lipinski definition) is 4. The second-order valence-electron chi connectivity index (χ2n) is 6.44. The molecule has 0 aliphatic carbocycles. The lowest BCUT2D eigenvalue weighted by Crippen LogP contribution is -2.47. The number of aryl methyl sites for hydroxylation is 1. The summed E-state index contributed by atoms with van der Waals surface area (Å²) in [4.78, 5) is 24.9. The minimum absolute atomic E-state index is 0.0524. The van der Waals surface area contributed by atoms with E-state index in [1.807, 2.05) is 37.3 Å². The smallest absolute Gasteiger partial charge is 0.322 e. The molecule has 136 valence electrons. The van der Waals surface area contributed by atoms with Crippen molar-refractivity contribution in [1.82, 2.24) is 4.90 Å². The van der Waals surface area contributed by atoms with Crippen molar-refractivity contribution in [2.75, 3.05) is 18.4 Å². The summed E-state index contributed by atoms with van der Waals surface area (Å²) in [7, 11) is 0. The van der Waals surface area contributed by atoms with E-state index in [0.29, 0.717) is 18.8 Å². The van der Waals surface area contributed by atoms with Gasteiger partial charge in [-0.2, -0.15) is 0 Å². The van der Waals surface area contributed by atoms with Crippen molar-refractivity contribution in [2.45, 2.75) is 26.1 Å². The molecule has 0 saturated carbocycles. The summed E-state index contributed by atoms with van der Waals surface area (Å²) in [5.41, 5.74) is 2.18. The van der Waals surface area contributed by atoms with E-state index in [1.165, 1.54) is 12.1 Å². The van der Waals surface area contributed by atoms with Gasteiger partial charge >= 0.3 is 6.03 Å². The third-order valence-electron chi connectivity index (χ3n) is 4.39. The van der Waals surface area contributed by atoms with Crippen LogP contribution in [0.4, 0.5) is 16.2 Å². The Hall–Kier alpha value is -2.93. The first kappa shape index (κ1) is 17.9. The molecule has 2 amide bonds. The summed E-state index contributed by atoms with van der Waals surface area (Å²) in [5, 5.41) is 13.8. The van der Waals surface area contributed by atoms with Crippen molar-refractivity contribution in [2.24, 2.45) is 0 Å². The molecule has 2 atom stereocenters. The standard InChI is InChI=1S/C19H21N3O4/c1-13-8-9-16(22(24)25)10-17(13)20-19(23)21-11-14(2)26-18(12-21)15-6-4-3-5-7-15/h3-10,14,18H,11-12H2,1-2H3,(H,20,23). The summed E-state index contributed by atoms with van der Waals surface area (Å²) < 4.78 is 5.97. The SMILES string of the molecule is Cc1ccc([N+](=O)[O-])cc1NC(=O)N1CC(C)OC(c2ccccc2)C1. The van der Waals surface area contributed by atoms with Crippen LogP contribution in [0, 0.1) is 17.0 Å². The number of urea groups is 1. The minimum Gasteiger partial charge on any atom is -0.367 e. The van der Waals surface area contributed by atoms with Crippen LogP contribution in [0.2, 0.25) is 0 Å². The Morgan fingerprint density at radius 3 is 2.65 bits per heavy atom. The predicted octanol–water partition coefficient (Wildman–Crippen LogP) is 3.90. The number of hydrogen-bond donors (Lipinski definition) is 1. The highest BCUT2D eigenvalue weighted by atomic mass is 16.6. The highest BCUT2D eigenvalue weighted by molar-refractivity contribution is 5.90. The molecule has 7 heteroatoms. The van der Waals surface area contributed by atoms with E-state index in [0.717, 1.165) is 11.1 Å². The van der Waals surface area contributed by atoms with Gasteiger partial charge in [0.25, 0.3) is 5.69 Å². The molecule has 1 heterocycles. The molecule has 1 saturated heterocycles. The summed E-state index contributed by atoms with van der Waals surface area (Å²) >= 11 is 0. The molecule has 0 spiro atoms. The number of morpholine rings is 1. The molecular formula is C19H21N3O4. The van der Waals surface area contributed by atoms with Gasteiger partial charge in [-0.05, 0) is 25.0 Å². The number of benzene rings is 2. The summed E-state index contributed by atoms with van der Waals surface area (Å²) in [6.07, 6.45) is -0.303. The number of amides is 2. The number of rotatable bonds is 3. The average molecular weight is 355 g/mol. The summed E-state index contributed by atoms with van der Waals surface area (Å²) in [6, 6.07) is 13.9. The van der Waals surface area contributed by atoms with Crippen LogP contribution < -0.4 is 5.32 Å². The molecule has 0 bridgehead atoms. The van der Waals surface area contributed by atoms with Crippen LogP contribution in [-0.2, 0) is 4.74 Å². The Balaban J connectivity index is 1.75. The molecule has 26 heavy (non-hydrogen) atoms. The number of nitrogens with one attached hydrogen (secondary N) is 1. The van der Waals surface area contributed by atoms with E-state index in [1.54, 1.807) is 17.9 Å². The number of anilines is 1. The van der Waals surface area contributed by atoms with E-state index >= 15 is 0 Å². The zero-order valence-corrected chi connectivity index (χ0v) is 14.7. The Bertz CT molecular complexity index is 810. The number of nitro groups is 1. The van der Waals surface area contributed by atoms with Crippen LogP contribution in [0.5, 0.6) is 0 Å². The lowest BCUT2D eigenvalue weighted by molar-refractivity contribution is -0.384. The van der Waals surface area contributed by atoms with E-state index in [9.17, 15) is 14.9 Å². The van der Waals surface area contributed by atoms with E-state index in [-0.39, 0.29) is 23.9 Å². The van der Waals surface area contributed by atoms with Crippen LogP contribution in [0.1, 0.15) is 24.2 Å². The summed E-state index contributed by atoms with van der Waals surface area (Å²) in [5.74, 6) is 0. The van der Waals surface area contributed by atoms with Gasteiger partial charge in [0.05, 0.1) is 23.3 Å². The molecule has 3 rings (SSSR count). The van der Waals surface area contributed by atoms with Crippen LogP contribution >= 0.6 is 0 Å². The minimum atomic E-state index is -0.475. The van der Waals surface area contributed by atoms with Gasteiger partial charge in [0.15, 0.2) is 0 Å². The molecule has 7 nitrogen and oxygen atoms in total. The molecule has 2 aromatic rings. The first-order valence-corrected chi connectivity index (χ1v) is 8.45. The molecule has 2 unspecified atom stereocenters. The molecule has 1 fully saturated rings. The first-order chi connectivity index (χ1) is 12.4. The lowest BCUT2D eigenvalue weighted by atomic mass is 10.1. The van der Waals surface area contributed by atoms with Gasteiger partial charge in [-0.25, -0.2) is 4.79 Å². The van der Waals surface area contributed by atoms with Crippen molar-refractivity contribution in [3.63, 3.8) is 0 Å². The maximum atomic E-state index is 12.7. The quantitative estimate of drug-likeness (QED) is 0.668. The van der Waals surface area contributed by atoms with Gasteiger partial charge in [0, 0.05) is 18.7 Å². The maximum absolute atomic E-state index is 12.7. The zero-order valence-electron chi connectivity index (χ0n) is 14.7. The van der Waals surface area contributed by atoms with Crippen LogP contribution in [0.25, 0.3) is 0 Å². The lowest BCUT2D eigenvalue weighted by Gasteiger charge is -2.37. The van der Waals surface area contributed by atoms with E-state index in [2.05, 4.69) is 5.32 Å². The molecule has 1 aliphatic rings. The Kier molecular flexibility index (Phi) is 5.18. The third-order valence-corrected chi connectivity index (χ3v) is 4.39. The Morgan fingerprint density at radius 1 is 1.23 bits per heavy atom. The van der Waals surface area contributed by atoms with E-state index in [4.69, 9.17) is 4.74 Å². The fourth-order valence-electron chi connectivity index (χ4n) is 3.02. The number of carbonyl (C=O) groups is 1. The van der Waals surface area contributed by atoms with Crippen LogP contribution in [0.15, 0.2) is 48.5 Å². The highest BCUT2D eigenvalue weighted by Crippen LogP contribution is 2.27. The van der Waals surface area contributed by atoms with Gasteiger partial charge in [0.1, 0.15) is 6.10 Å². The van der Waals surface area contributed by atoms with E-state index < -0.39 is 4.92 Å². The fraction of sp³-hybridized carbons (Fsp3) is 0.316. The van der Waals surface area contributed by atoms with Crippen molar-refractivity contribution in [3.8, 4) is 0 Å². The van der Waals surface area contributed by atoms with Crippen LogP contribution in [0.3, 0.4) is 0 Å². The number of nitro benzene ring substituents is 1. The van der Waals surface area contributed by atoms with Crippen molar-refractivity contribution in [3.05, 3.63) is 69.8 Å². The van der Waals surface area contributed by atoms with Gasteiger partial charge in [-0.15, -0.1) is 0 Å². The topological polar surface area (TPSA) is 84.7 Å². The van der Waals surface area contributed by atoms with Gasteiger partial charge < -0.3 is 15.0 Å². The average Bonchev–Trinajstić information content (AvgIpc) is 2.63. The van der Waals surface area contributed by atoms with Crippen molar-refractivity contribution < 1.29 is 14.5 Å². The second-order valence-corrected chi connectivity index (χ2v) is 6.44. The first-order valence-electron chi connectivity index (χ1n) is 8.45. The number of non-ortho nitro benzene ring substituents is 1. The molecule has 0 radical (unpaired) electrons. The number of ether oxygens (including phenoxy) is 1. The van der Waals surface area contributed by atoms with Crippen molar-refractivity contribution in [1.29, 1.82) is 0 Å². The zero-order chi connectivity index (χ0) is 18.7. The third kappa shape index (κ3) is 4.00. The normalized spacial score (nSPS) is 19.8. The second kappa shape index (κ2) is 7.53. The maximum Gasteiger partial charge on any atom is 0.322 e. The highest BCUT2D eigenvalue weighted by Gasteiger charge is 2.29. The van der Waals surface area contributed by atoms with Crippen molar-refractivity contribution >= 4 is 17.4 Å². The monoisotopic (exact) mass is 355 g/mol. The number of nitrogens with zero attached hydrogens (tertiary/aromatic N) is 2. The molecule has 0 aromatic heterocycles.